The van der Waals surface area contributed by atoms with E-state index in [1.807, 2.05) is 44.2 Å². The van der Waals surface area contributed by atoms with Crippen LogP contribution in [0.4, 0.5) is 4.79 Å². The van der Waals surface area contributed by atoms with Crippen molar-refractivity contribution in [3.63, 3.8) is 0 Å². The largest absolute Gasteiger partial charge is 0.464 e. The molecule has 1 aromatic rings. The van der Waals surface area contributed by atoms with Crippen LogP contribution in [0.5, 0.6) is 0 Å². The maximum Gasteiger partial charge on any atom is 0.407 e. The molecule has 1 amide bonds. The molecule has 1 heterocycles. The van der Waals surface area contributed by atoms with Crippen molar-refractivity contribution in [1.82, 2.24) is 5.32 Å². The van der Waals surface area contributed by atoms with Crippen LogP contribution in [0.15, 0.2) is 30.3 Å². The number of carbonyl (C=O) groups is 2. The molecular weight excluding hydrogens is 326 g/mol. The summed E-state index contributed by atoms with van der Waals surface area (Å²) < 4.78 is 10.3. The quantitative estimate of drug-likeness (QED) is 0.600. The molecule has 7 nitrogen and oxygen atoms in total. The molecule has 2 unspecified atom stereocenters. The molecule has 25 heavy (non-hydrogen) atoms. The van der Waals surface area contributed by atoms with Crippen molar-refractivity contribution in [2.75, 3.05) is 13.2 Å². The Labute approximate surface area is 147 Å². The van der Waals surface area contributed by atoms with E-state index < -0.39 is 29.3 Å². The van der Waals surface area contributed by atoms with Gasteiger partial charge in [-0.25, -0.2) is 19.4 Å². The lowest BCUT2D eigenvalue weighted by Crippen LogP contribution is -2.64. The summed E-state index contributed by atoms with van der Waals surface area (Å²) >= 11 is 0. The maximum absolute atomic E-state index is 12.1. The number of benzene rings is 1. The van der Waals surface area contributed by atoms with Crippen molar-refractivity contribution in [2.45, 2.75) is 51.4 Å². The van der Waals surface area contributed by atoms with E-state index >= 15 is 0 Å². The minimum atomic E-state index is -0.825. The van der Waals surface area contributed by atoms with E-state index in [-0.39, 0.29) is 13.2 Å². The van der Waals surface area contributed by atoms with Gasteiger partial charge in [-0.05, 0) is 33.3 Å². The summed E-state index contributed by atoms with van der Waals surface area (Å²) in [5, 5.41) is 2.57. The topological polar surface area (TPSA) is 83.1 Å². The van der Waals surface area contributed by atoms with Crippen molar-refractivity contribution in [3.05, 3.63) is 35.9 Å². The molecule has 138 valence electrons. The third-order valence-electron chi connectivity index (χ3n) is 4.33. The van der Waals surface area contributed by atoms with Crippen molar-refractivity contribution < 1.29 is 28.8 Å². The number of esters is 1. The smallest absolute Gasteiger partial charge is 0.407 e. The Balaban J connectivity index is 1.93. The molecular formula is C18H25NO6. The summed E-state index contributed by atoms with van der Waals surface area (Å²) in [6.07, 6.45) is -0.390. The molecule has 7 heteroatoms. The molecule has 0 aliphatic carbocycles. The standard InChI is InChI=1S/C18H25NO6/c1-5-22-15(20)14(11-13-9-7-6-8-10-13)19-16(21)23-12-18(4)17(2,3)24-25-18/h6-10,14H,5,11-12H2,1-4H3,(H,19,21). The lowest BCUT2D eigenvalue weighted by atomic mass is 9.86. The van der Waals surface area contributed by atoms with Gasteiger partial charge >= 0.3 is 12.1 Å². The number of amides is 1. The summed E-state index contributed by atoms with van der Waals surface area (Å²) in [5.41, 5.74) is -0.384. The molecule has 1 aromatic carbocycles. The van der Waals surface area contributed by atoms with E-state index in [2.05, 4.69) is 5.32 Å². The SMILES string of the molecule is CCOC(=O)C(Cc1ccccc1)NC(=O)OCC1(C)OOC1(C)C. The molecule has 0 spiro atoms. The highest BCUT2D eigenvalue weighted by Gasteiger charge is 2.55. The van der Waals surface area contributed by atoms with Gasteiger partial charge in [-0.3, -0.25) is 0 Å². The second-order valence-electron chi connectivity index (χ2n) is 6.62. The van der Waals surface area contributed by atoms with Crippen molar-refractivity contribution in [3.8, 4) is 0 Å². The van der Waals surface area contributed by atoms with E-state index in [4.69, 9.17) is 19.2 Å². The van der Waals surface area contributed by atoms with Gasteiger partial charge in [0.15, 0.2) is 5.60 Å². The van der Waals surface area contributed by atoms with Crippen LogP contribution in [0.25, 0.3) is 0 Å². The second-order valence-corrected chi connectivity index (χ2v) is 6.62. The molecule has 1 N–H and O–H groups in total. The molecule has 2 rings (SSSR count). The van der Waals surface area contributed by atoms with E-state index in [0.29, 0.717) is 6.42 Å². The molecule has 0 bridgehead atoms. The van der Waals surface area contributed by atoms with Crippen LogP contribution in [0.1, 0.15) is 33.3 Å². The third kappa shape index (κ3) is 4.70. The highest BCUT2D eigenvalue weighted by atomic mass is 17.3. The fraction of sp³-hybridized carbons (Fsp3) is 0.556. The molecule has 1 aliphatic heterocycles. The molecule has 1 fully saturated rings. The maximum atomic E-state index is 12.1. The number of hydrogen-bond donors (Lipinski definition) is 1. The Morgan fingerprint density at radius 2 is 1.80 bits per heavy atom. The zero-order valence-electron chi connectivity index (χ0n) is 15.0. The first-order valence-corrected chi connectivity index (χ1v) is 8.28. The fourth-order valence-electron chi connectivity index (χ4n) is 2.22. The third-order valence-corrected chi connectivity index (χ3v) is 4.33. The van der Waals surface area contributed by atoms with Gasteiger partial charge in [-0.2, -0.15) is 0 Å². The highest BCUT2D eigenvalue weighted by Crippen LogP contribution is 2.39. The average molecular weight is 351 g/mol. The number of nitrogens with one attached hydrogen (secondary N) is 1. The summed E-state index contributed by atoms with van der Waals surface area (Å²) in [7, 11) is 0. The Kier molecular flexibility index (Phi) is 6.02. The van der Waals surface area contributed by atoms with Crippen LogP contribution in [0, 0.1) is 0 Å². The predicted molar refractivity (Wildman–Crippen MR) is 89.7 cm³/mol. The lowest BCUT2D eigenvalue weighted by Gasteiger charge is -2.50. The summed E-state index contributed by atoms with van der Waals surface area (Å²) in [4.78, 5) is 34.3. The number of ether oxygens (including phenoxy) is 2. The molecule has 2 atom stereocenters. The monoisotopic (exact) mass is 351 g/mol. The summed E-state index contributed by atoms with van der Waals surface area (Å²) in [6.45, 7) is 7.43. The van der Waals surface area contributed by atoms with Crippen LogP contribution in [0.2, 0.25) is 0 Å². The number of rotatable bonds is 7. The lowest BCUT2D eigenvalue weighted by molar-refractivity contribution is -0.543. The zero-order valence-corrected chi connectivity index (χ0v) is 15.0. The Morgan fingerprint density at radius 1 is 1.12 bits per heavy atom. The summed E-state index contributed by atoms with van der Waals surface area (Å²) in [5.74, 6) is -0.502. The van der Waals surface area contributed by atoms with Gasteiger partial charge in [0.05, 0.1) is 6.61 Å². The fourth-order valence-corrected chi connectivity index (χ4v) is 2.22. The highest BCUT2D eigenvalue weighted by molar-refractivity contribution is 5.81. The van der Waals surface area contributed by atoms with Gasteiger partial charge in [0.25, 0.3) is 0 Å². The zero-order chi connectivity index (χ0) is 18.5. The van der Waals surface area contributed by atoms with Gasteiger partial charge in [0, 0.05) is 6.42 Å². The van der Waals surface area contributed by atoms with E-state index in [1.54, 1.807) is 13.8 Å². The van der Waals surface area contributed by atoms with Crippen LogP contribution in [0.3, 0.4) is 0 Å². The van der Waals surface area contributed by atoms with Crippen LogP contribution in [-0.2, 0) is 30.5 Å². The molecule has 1 saturated heterocycles. The molecule has 1 aliphatic rings. The summed E-state index contributed by atoms with van der Waals surface area (Å²) in [6, 6.07) is 8.55. The normalized spacial score (nSPS) is 22.4. The number of hydrogen-bond acceptors (Lipinski definition) is 6. The minimum Gasteiger partial charge on any atom is -0.464 e. The molecule has 0 radical (unpaired) electrons. The van der Waals surface area contributed by atoms with E-state index in [1.165, 1.54) is 0 Å². The average Bonchev–Trinajstić information content (AvgIpc) is 2.59. The number of alkyl carbamates (subject to hydrolysis) is 1. The van der Waals surface area contributed by atoms with Crippen molar-refractivity contribution >= 4 is 12.1 Å². The minimum absolute atomic E-state index is 0.00666. The van der Waals surface area contributed by atoms with Crippen LogP contribution >= 0.6 is 0 Å². The van der Waals surface area contributed by atoms with Crippen molar-refractivity contribution in [2.24, 2.45) is 0 Å². The van der Waals surface area contributed by atoms with Gasteiger partial charge in [-0.1, -0.05) is 30.3 Å². The van der Waals surface area contributed by atoms with Crippen LogP contribution < -0.4 is 5.32 Å². The van der Waals surface area contributed by atoms with Gasteiger partial charge in [0.1, 0.15) is 18.2 Å². The molecule has 0 aromatic heterocycles. The molecule has 0 saturated carbocycles. The Bertz CT molecular complexity index is 603. The van der Waals surface area contributed by atoms with Gasteiger partial charge in [-0.15, -0.1) is 0 Å². The van der Waals surface area contributed by atoms with E-state index in [0.717, 1.165) is 5.56 Å². The second kappa shape index (κ2) is 7.84. The first-order valence-electron chi connectivity index (χ1n) is 8.28. The first kappa shape index (κ1) is 19.2. The van der Waals surface area contributed by atoms with Gasteiger partial charge in [0.2, 0.25) is 0 Å². The van der Waals surface area contributed by atoms with E-state index in [9.17, 15) is 9.59 Å². The number of carbonyl (C=O) groups excluding carboxylic acids is 2. The first-order chi connectivity index (χ1) is 11.8. The van der Waals surface area contributed by atoms with Gasteiger partial charge < -0.3 is 14.8 Å². The Morgan fingerprint density at radius 3 is 2.32 bits per heavy atom. The van der Waals surface area contributed by atoms with Crippen LogP contribution in [-0.4, -0.2) is 42.5 Å². The van der Waals surface area contributed by atoms with Crippen molar-refractivity contribution in [1.29, 1.82) is 0 Å². The Hall–Kier alpha value is -2.12. The predicted octanol–water partition coefficient (Wildman–Crippen LogP) is 2.39.